The molecule has 10 heteroatoms. The third-order valence-corrected chi connectivity index (χ3v) is 8.37. The van der Waals surface area contributed by atoms with Crippen LogP contribution in [0.15, 0.2) is 82.0 Å². The second kappa shape index (κ2) is 8.92. The van der Waals surface area contributed by atoms with Gasteiger partial charge >= 0.3 is 0 Å². The van der Waals surface area contributed by atoms with Gasteiger partial charge < -0.3 is 9.32 Å². The number of carbonyl (C=O) groups is 2. The van der Waals surface area contributed by atoms with Crippen molar-refractivity contribution in [3.63, 3.8) is 0 Å². The summed E-state index contributed by atoms with van der Waals surface area (Å²) in [7, 11) is 0. The van der Waals surface area contributed by atoms with Crippen molar-refractivity contribution in [3.8, 4) is 0 Å². The summed E-state index contributed by atoms with van der Waals surface area (Å²) in [6.45, 7) is 2.11. The maximum atomic E-state index is 14.8. The van der Waals surface area contributed by atoms with E-state index in [0.717, 1.165) is 6.42 Å². The fourth-order valence-corrected chi connectivity index (χ4v) is 6.68. The molecule has 1 atom stereocenters. The average Bonchev–Trinajstić information content (AvgIpc) is 3.60. The molecule has 198 valence electrons. The van der Waals surface area contributed by atoms with E-state index in [-0.39, 0.29) is 34.0 Å². The average molecular weight is 553 g/mol. The van der Waals surface area contributed by atoms with Gasteiger partial charge in [0, 0.05) is 12.0 Å². The second-order valence-corrected chi connectivity index (χ2v) is 10.8. The van der Waals surface area contributed by atoms with Gasteiger partial charge in [0.05, 0.1) is 23.2 Å². The summed E-state index contributed by atoms with van der Waals surface area (Å²) in [6.07, 6.45) is 1.48. The highest BCUT2D eigenvalue weighted by Crippen LogP contribution is 2.54. The minimum Gasteiger partial charge on any atom is -0.450 e. The Morgan fingerprint density at radius 3 is 2.50 bits per heavy atom. The number of benzene rings is 3. The number of hydrogen-bond acceptors (Lipinski definition) is 7. The van der Waals surface area contributed by atoms with E-state index in [9.17, 15) is 18.8 Å². The smallest absolute Gasteiger partial charge is 0.297 e. The summed E-state index contributed by atoms with van der Waals surface area (Å²) >= 11 is 1.21. The van der Waals surface area contributed by atoms with Crippen LogP contribution in [-0.4, -0.2) is 22.0 Å². The van der Waals surface area contributed by atoms with Crippen LogP contribution in [0.1, 0.15) is 45.6 Å². The third-order valence-electron chi connectivity index (χ3n) is 7.40. The topological polar surface area (TPSA) is 96.6 Å². The lowest BCUT2D eigenvalue weighted by Crippen LogP contribution is -2.53. The lowest BCUT2D eigenvalue weighted by atomic mass is 9.84. The minimum absolute atomic E-state index is 0.0394. The van der Waals surface area contributed by atoms with Crippen molar-refractivity contribution in [2.24, 2.45) is 0 Å². The Kier molecular flexibility index (Phi) is 5.43. The van der Waals surface area contributed by atoms with E-state index in [2.05, 4.69) is 10.2 Å². The van der Waals surface area contributed by atoms with Crippen molar-refractivity contribution in [2.75, 3.05) is 9.80 Å². The molecule has 1 spiro atoms. The predicted octanol–water partition coefficient (Wildman–Crippen LogP) is 5.19. The molecule has 1 unspecified atom stereocenters. The Bertz CT molecular complexity index is 1900. The van der Waals surface area contributed by atoms with Crippen LogP contribution in [-0.2, 0) is 23.3 Å². The van der Waals surface area contributed by atoms with E-state index in [1.165, 1.54) is 33.3 Å². The highest BCUT2D eigenvalue weighted by molar-refractivity contribution is 7.15. The van der Waals surface area contributed by atoms with Crippen LogP contribution in [0.5, 0.6) is 0 Å². The van der Waals surface area contributed by atoms with Crippen LogP contribution in [0.3, 0.4) is 0 Å². The number of aromatic nitrogens is 2. The van der Waals surface area contributed by atoms with E-state index in [1.54, 1.807) is 60.7 Å². The number of amides is 2. The number of rotatable bonds is 5. The van der Waals surface area contributed by atoms with Crippen molar-refractivity contribution in [1.29, 1.82) is 0 Å². The monoisotopic (exact) mass is 552 g/mol. The Hall–Kier alpha value is -4.70. The van der Waals surface area contributed by atoms with Gasteiger partial charge in [0.2, 0.25) is 10.9 Å². The van der Waals surface area contributed by atoms with Crippen molar-refractivity contribution in [1.82, 2.24) is 10.2 Å². The van der Waals surface area contributed by atoms with Crippen molar-refractivity contribution >= 4 is 44.9 Å². The van der Waals surface area contributed by atoms with E-state index < -0.39 is 28.6 Å². The normalized spacial score (nSPS) is 17.8. The van der Waals surface area contributed by atoms with Gasteiger partial charge in [0.1, 0.15) is 16.4 Å². The summed E-state index contributed by atoms with van der Waals surface area (Å²) < 4.78 is 19.7. The zero-order chi connectivity index (χ0) is 27.6. The van der Waals surface area contributed by atoms with Gasteiger partial charge in [0.25, 0.3) is 11.8 Å². The molecule has 0 radical (unpaired) electrons. The number of aryl methyl sites for hydroxylation is 1. The molecule has 5 aromatic rings. The van der Waals surface area contributed by atoms with E-state index >= 15 is 0 Å². The molecule has 0 N–H and O–H groups in total. The highest BCUT2D eigenvalue weighted by Gasteiger charge is 2.66. The summed E-state index contributed by atoms with van der Waals surface area (Å²) in [4.78, 5) is 46.0. The number of halogens is 1. The molecule has 3 aromatic carbocycles. The van der Waals surface area contributed by atoms with Crippen LogP contribution in [0, 0.1) is 5.82 Å². The molecule has 2 aliphatic rings. The van der Waals surface area contributed by atoms with Gasteiger partial charge in [-0.05, 0) is 42.3 Å². The van der Waals surface area contributed by atoms with Crippen LogP contribution in [0.4, 0.5) is 15.2 Å². The maximum Gasteiger partial charge on any atom is 0.297 e. The van der Waals surface area contributed by atoms with Crippen LogP contribution < -0.4 is 15.2 Å². The first-order chi connectivity index (χ1) is 19.4. The highest BCUT2D eigenvalue weighted by atomic mass is 32.1. The minimum atomic E-state index is -1.85. The zero-order valence-electron chi connectivity index (χ0n) is 21.3. The number of hydrogen-bond donors (Lipinski definition) is 0. The van der Waals surface area contributed by atoms with Gasteiger partial charge in [-0.1, -0.05) is 60.7 Å². The standard InChI is InChI=1S/C30H21FN4O4S/c1-2-7-23-32-33-29(40-23)35-27(37)26-24(25(36)19-8-3-6-11-22(19)39-26)30(35)20-9-4-5-10-21(20)34(28(30)38)16-17-12-14-18(31)15-13-17/h3-6,8-15H,2,7,16H2,1H3. The predicted molar refractivity (Wildman–Crippen MR) is 148 cm³/mol. The van der Waals surface area contributed by atoms with Crippen LogP contribution >= 0.6 is 11.3 Å². The first-order valence-corrected chi connectivity index (χ1v) is 13.7. The van der Waals surface area contributed by atoms with E-state index in [1.807, 2.05) is 6.92 Å². The lowest BCUT2D eigenvalue weighted by Gasteiger charge is -2.32. The molecule has 2 aliphatic heterocycles. The fourth-order valence-electron chi connectivity index (χ4n) is 5.69. The van der Waals surface area contributed by atoms with Gasteiger partial charge in [-0.3, -0.25) is 19.3 Å². The van der Waals surface area contributed by atoms with E-state index in [0.29, 0.717) is 28.2 Å². The summed E-state index contributed by atoms with van der Waals surface area (Å²) in [6, 6.07) is 19.6. The Labute approximate surface area is 231 Å². The summed E-state index contributed by atoms with van der Waals surface area (Å²) in [5.74, 6) is -1.72. The summed E-state index contributed by atoms with van der Waals surface area (Å²) in [5.41, 5.74) is -0.416. The number of anilines is 2. The molecule has 0 bridgehead atoms. The quantitative estimate of drug-likeness (QED) is 0.298. The van der Waals surface area contributed by atoms with Gasteiger partial charge in [-0.25, -0.2) is 4.39 Å². The Balaban J connectivity index is 1.53. The van der Waals surface area contributed by atoms with Gasteiger partial charge in [0.15, 0.2) is 11.0 Å². The van der Waals surface area contributed by atoms with Crippen molar-refractivity contribution in [2.45, 2.75) is 31.8 Å². The number of nitrogens with zero attached hydrogens (tertiary/aromatic N) is 4. The van der Waals surface area contributed by atoms with Crippen molar-refractivity contribution < 1.29 is 18.4 Å². The molecule has 8 nitrogen and oxygen atoms in total. The number of fused-ring (bicyclic) bond motifs is 5. The number of para-hydroxylation sites is 2. The molecule has 4 heterocycles. The Morgan fingerprint density at radius 1 is 0.950 bits per heavy atom. The molecule has 0 saturated heterocycles. The SMILES string of the molecule is CCCc1nnc(N2C(=O)c3oc4ccccc4c(=O)c3C23C(=O)N(Cc2ccc(F)cc2)c2ccccc23)s1. The molecule has 0 aliphatic carbocycles. The first-order valence-electron chi connectivity index (χ1n) is 12.8. The summed E-state index contributed by atoms with van der Waals surface area (Å²) in [5, 5.41) is 9.75. The Morgan fingerprint density at radius 2 is 1.70 bits per heavy atom. The fraction of sp³-hybridized carbons (Fsp3) is 0.167. The third kappa shape index (κ3) is 3.26. The molecule has 7 rings (SSSR count). The van der Waals surface area contributed by atoms with Crippen LogP contribution in [0.25, 0.3) is 11.0 Å². The maximum absolute atomic E-state index is 14.8. The first kappa shape index (κ1) is 24.3. The zero-order valence-corrected chi connectivity index (χ0v) is 22.1. The van der Waals surface area contributed by atoms with E-state index in [4.69, 9.17) is 4.42 Å². The lowest BCUT2D eigenvalue weighted by molar-refractivity contribution is -0.121. The largest absolute Gasteiger partial charge is 0.450 e. The second-order valence-electron chi connectivity index (χ2n) is 9.75. The van der Waals surface area contributed by atoms with Gasteiger partial charge in [-0.15, -0.1) is 10.2 Å². The molecule has 0 fully saturated rings. The van der Waals surface area contributed by atoms with Gasteiger partial charge in [-0.2, -0.15) is 0 Å². The molecule has 2 aromatic heterocycles. The molecular weight excluding hydrogens is 531 g/mol. The molecule has 40 heavy (non-hydrogen) atoms. The molecule has 2 amide bonds. The van der Waals surface area contributed by atoms with Crippen LogP contribution in [0.2, 0.25) is 0 Å². The molecule has 0 saturated carbocycles. The van der Waals surface area contributed by atoms with Crippen molar-refractivity contribution in [3.05, 3.63) is 116 Å². The molecular formula is C30H21FN4O4S. The number of carbonyl (C=O) groups excluding carboxylic acids is 2.